The van der Waals surface area contributed by atoms with Crippen LogP contribution in [-0.4, -0.2) is 44.8 Å². The number of aryl methyl sites for hydroxylation is 1. The highest BCUT2D eigenvalue weighted by Gasteiger charge is 2.27. The number of hydrogen-bond acceptors (Lipinski definition) is 5. The average molecular weight is 324 g/mol. The predicted octanol–water partition coefficient (Wildman–Crippen LogP) is 1.70. The average Bonchev–Trinajstić information content (AvgIpc) is 2.42. The summed E-state index contributed by atoms with van der Waals surface area (Å²) in [5, 5.41) is 39.5. The van der Waals surface area contributed by atoms with Crippen LogP contribution in [0.1, 0.15) is 50.3 Å². The molecule has 1 heterocycles. The van der Waals surface area contributed by atoms with E-state index in [0.717, 1.165) is 24.0 Å². The van der Waals surface area contributed by atoms with Crippen molar-refractivity contribution < 1.29 is 25.2 Å². The zero-order valence-corrected chi connectivity index (χ0v) is 14.1. The molecule has 2 rings (SSSR count). The quantitative estimate of drug-likeness (QED) is 0.639. The van der Waals surface area contributed by atoms with Gasteiger partial charge in [-0.2, -0.15) is 0 Å². The van der Waals surface area contributed by atoms with E-state index in [-0.39, 0.29) is 11.9 Å². The molecule has 0 aliphatic carbocycles. The highest BCUT2D eigenvalue weighted by atomic mass is 16.5. The first-order chi connectivity index (χ1) is 10.8. The van der Waals surface area contributed by atoms with E-state index in [1.54, 1.807) is 26.8 Å². The van der Waals surface area contributed by atoms with Crippen molar-refractivity contribution in [2.24, 2.45) is 0 Å². The number of ether oxygens (including phenoxy) is 1. The zero-order valence-electron chi connectivity index (χ0n) is 14.1. The maximum absolute atomic E-state index is 10.3. The Balaban J connectivity index is 2.43. The molecular formula is C18H28O5. The van der Waals surface area contributed by atoms with Crippen molar-refractivity contribution in [2.75, 3.05) is 0 Å². The summed E-state index contributed by atoms with van der Waals surface area (Å²) in [6, 6.07) is 1.71. The SMILES string of the molecule is CC(O)Cc1c(O)cc2c(c1CC(C)O)OC(CC(C)O)CC2. The third-order valence-corrected chi connectivity index (χ3v) is 4.17. The van der Waals surface area contributed by atoms with Gasteiger partial charge in [0.15, 0.2) is 0 Å². The Kier molecular flexibility index (Phi) is 5.89. The van der Waals surface area contributed by atoms with E-state index < -0.39 is 18.3 Å². The van der Waals surface area contributed by atoms with Crippen LogP contribution in [-0.2, 0) is 19.3 Å². The third-order valence-electron chi connectivity index (χ3n) is 4.17. The van der Waals surface area contributed by atoms with E-state index in [1.807, 2.05) is 0 Å². The van der Waals surface area contributed by atoms with Crippen molar-refractivity contribution in [3.8, 4) is 11.5 Å². The largest absolute Gasteiger partial charge is 0.508 e. The van der Waals surface area contributed by atoms with Crippen LogP contribution in [0, 0.1) is 0 Å². The van der Waals surface area contributed by atoms with E-state index in [1.165, 1.54) is 0 Å². The van der Waals surface area contributed by atoms with Gasteiger partial charge in [0.1, 0.15) is 17.6 Å². The number of fused-ring (bicyclic) bond motifs is 1. The second kappa shape index (κ2) is 7.51. The molecule has 0 fully saturated rings. The van der Waals surface area contributed by atoms with Gasteiger partial charge >= 0.3 is 0 Å². The predicted molar refractivity (Wildman–Crippen MR) is 87.9 cm³/mol. The highest BCUT2D eigenvalue weighted by Crippen LogP contribution is 2.40. The number of benzene rings is 1. The Morgan fingerprint density at radius 1 is 1.04 bits per heavy atom. The second-order valence-electron chi connectivity index (χ2n) is 6.81. The maximum atomic E-state index is 10.3. The van der Waals surface area contributed by atoms with Crippen LogP contribution in [0.5, 0.6) is 11.5 Å². The molecular weight excluding hydrogens is 296 g/mol. The summed E-state index contributed by atoms with van der Waals surface area (Å²) in [6.07, 6.45) is 1.11. The van der Waals surface area contributed by atoms with Crippen LogP contribution in [0.25, 0.3) is 0 Å². The lowest BCUT2D eigenvalue weighted by Gasteiger charge is -2.31. The first-order valence-corrected chi connectivity index (χ1v) is 8.35. The normalized spacial score (nSPS) is 21.2. The zero-order chi connectivity index (χ0) is 17.1. The van der Waals surface area contributed by atoms with E-state index in [4.69, 9.17) is 4.74 Å². The van der Waals surface area contributed by atoms with Crippen LogP contribution in [0.3, 0.4) is 0 Å². The molecule has 0 amide bonds. The molecule has 1 aromatic carbocycles. The number of rotatable bonds is 6. The Labute approximate surface area is 137 Å². The fraction of sp³-hybridized carbons (Fsp3) is 0.667. The van der Waals surface area contributed by atoms with Crippen molar-refractivity contribution in [3.63, 3.8) is 0 Å². The molecule has 0 saturated carbocycles. The molecule has 4 N–H and O–H groups in total. The molecule has 1 aliphatic rings. The number of aliphatic hydroxyl groups excluding tert-OH is 3. The van der Waals surface area contributed by atoms with Gasteiger partial charge in [-0.1, -0.05) is 0 Å². The molecule has 0 aromatic heterocycles. The summed E-state index contributed by atoms with van der Waals surface area (Å²) in [5.74, 6) is 0.856. The Morgan fingerprint density at radius 3 is 2.22 bits per heavy atom. The van der Waals surface area contributed by atoms with Gasteiger partial charge in [-0.25, -0.2) is 0 Å². The fourth-order valence-corrected chi connectivity index (χ4v) is 3.26. The molecule has 5 nitrogen and oxygen atoms in total. The van der Waals surface area contributed by atoms with E-state index in [2.05, 4.69) is 0 Å². The van der Waals surface area contributed by atoms with Crippen molar-refractivity contribution in [2.45, 2.75) is 77.3 Å². The standard InChI is InChI=1S/C18H28O5/c1-10(19)6-14-5-4-13-9-17(22)15(7-11(2)20)16(8-12(3)21)18(13)23-14/h9-12,14,19-22H,4-8H2,1-3H3. The van der Waals surface area contributed by atoms with Crippen molar-refractivity contribution in [3.05, 3.63) is 22.8 Å². The lowest BCUT2D eigenvalue weighted by atomic mass is 9.89. The van der Waals surface area contributed by atoms with E-state index in [0.29, 0.717) is 30.6 Å². The Bertz CT molecular complexity index is 537. The molecule has 23 heavy (non-hydrogen) atoms. The van der Waals surface area contributed by atoms with Crippen molar-refractivity contribution in [1.82, 2.24) is 0 Å². The number of aromatic hydroxyl groups is 1. The summed E-state index contributed by atoms with van der Waals surface area (Å²) in [6.45, 7) is 5.10. The Morgan fingerprint density at radius 2 is 1.65 bits per heavy atom. The molecule has 4 atom stereocenters. The lowest BCUT2D eigenvalue weighted by molar-refractivity contribution is 0.0905. The van der Waals surface area contributed by atoms with Crippen LogP contribution < -0.4 is 4.74 Å². The van der Waals surface area contributed by atoms with Crippen molar-refractivity contribution >= 4 is 0 Å². The summed E-state index contributed by atoms with van der Waals surface area (Å²) >= 11 is 0. The number of phenols is 1. The van der Waals surface area contributed by atoms with Crippen molar-refractivity contribution in [1.29, 1.82) is 0 Å². The molecule has 1 aliphatic heterocycles. The molecule has 1 aromatic rings. The molecule has 4 unspecified atom stereocenters. The van der Waals surface area contributed by atoms with Crippen LogP contribution >= 0.6 is 0 Å². The van der Waals surface area contributed by atoms with Crippen LogP contribution in [0.15, 0.2) is 6.07 Å². The summed E-state index contributed by atoms with van der Waals surface area (Å²) in [7, 11) is 0. The third kappa shape index (κ3) is 4.59. The molecule has 0 spiro atoms. The maximum Gasteiger partial charge on any atom is 0.126 e. The number of phenolic OH excluding ortho intramolecular Hbond substituents is 1. The number of hydrogen-bond donors (Lipinski definition) is 4. The van der Waals surface area contributed by atoms with Gasteiger partial charge in [-0.3, -0.25) is 0 Å². The topological polar surface area (TPSA) is 90.2 Å². The first-order valence-electron chi connectivity index (χ1n) is 8.35. The second-order valence-corrected chi connectivity index (χ2v) is 6.81. The molecule has 0 radical (unpaired) electrons. The van der Waals surface area contributed by atoms with Gasteiger partial charge in [0, 0.05) is 30.4 Å². The molecule has 0 bridgehead atoms. The number of aliphatic hydroxyl groups is 3. The molecule has 130 valence electrons. The van der Waals surface area contributed by atoms with Gasteiger partial charge in [0.25, 0.3) is 0 Å². The molecule has 0 saturated heterocycles. The van der Waals surface area contributed by atoms with Gasteiger partial charge < -0.3 is 25.2 Å². The molecule has 5 heteroatoms. The van der Waals surface area contributed by atoms with Gasteiger partial charge in [0.05, 0.1) is 18.3 Å². The first kappa shape index (κ1) is 18.0. The summed E-state index contributed by atoms with van der Waals surface area (Å²) < 4.78 is 6.09. The highest BCUT2D eigenvalue weighted by molar-refractivity contribution is 5.54. The van der Waals surface area contributed by atoms with Gasteiger partial charge in [0.2, 0.25) is 0 Å². The fourth-order valence-electron chi connectivity index (χ4n) is 3.26. The van der Waals surface area contributed by atoms with Gasteiger partial charge in [-0.15, -0.1) is 0 Å². The monoisotopic (exact) mass is 324 g/mol. The minimum atomic E-state index is -0.594. The lowest BCUT2D eigenvalue weighted by Crippen LogP contribution is -2.28. The van der Waals surface area contributed by atoms with Gasteiger partial charge in [-0.05, 0) is 45.2 Å². The minimum Gasteiger partial charge on any atom is -0.508 e. The van der Waals surface area contributed by atoms with Crippen LogP contribution in [0.2, 0.25) is 0 Å². The van der Waals surface area contributed by atoms with E-state index in [9.17, 15) is 20.4 Å². The summed E-state index contributed by atoms with van der Waals surface area (Å²) in [4.78, 5) is 0. The van der Waals surface area contributed by atoms with E-state index >= 15 is 0 Å². The smallest absolute Gasteiger partial charge is 0.126 e. The van der Waals surface area contributed by atoms with Crippen LogP contribution in [0.4, 0.5) is 0 Å². The minimum absolute atomic E-state index is 0.0702. The summed E-state index contributed by atoms with van der Waals surface area (Å²) in [5.41, 5.74) is 2.33. The Hall–Kier alpha value is -1.30.